The Morgan fingerprint density at radius 3 is 3.00 bits per heavy atom. The highest BCUT2D eigenvalue weighted by atomic mass is 16.6. The molecule has 0 N–H and O–H groups in total. The van der Waals surface area contributed by atoms with Crippen LogP contribution in [0.3, 0.4) is 0 Å². The van der Waals surface area contributed by atoms with Crippen molar-refractivity contribution in [3.63, 3.8) is 0 Å². The first kappa shape index (κ1) is 8.88. The second kappa shape index (κ2) is 3.05. The summed E-state index contributed by atoms with van der Waals surface area (Å²) in [7, 11) is 1.72. The summed E-state index contributed by atoms with van der Waals surface area (Å²) in [6.07, 6.45) is 5.71. The number of imidazole rings is 1. The van der Waals surface area contributed by atoms with Crippen molar-refractivity contribution in [2.75, 3.05) is 20.3 Å². The highest BCUT2D eigenvalue weighted by Crippen LogP contribution is 2.33. The average Bonchev–Trinajstić information content (AvgIpc) is 2.64. The molecule has 0 spiro atoms. The minimum atomic E-state index is -0.256. The predicted octanol–water partition coefficient (Wildman–Crippen LogP) is 1.21. The molecule has 15 heavy (non-hydrogen) atoms. The summed E-state index contributed by atoms with van der Waals surface area (Å²) >= 11 is 0. The molecule has 0 bridgehead atoms. The number of nitrogens with zero attached hydrogens (tertiary/aromatic N) is 2. The van der Waals surface area contributed by atoms with Crippen LogP contribution in [0.2, 0.25) is 0 Å². The summed E-state index contributed by atoms with van der Waals surface area (Å²) in [5.41, 5.74) is 1.82. The van der Waals surface area contributed by atoms with Crippen molar-refractivity contribution in [1.82, 2.24) is 9.38 Å². The normalized spacial score (nSPS) is 19.0. The fourth-order valence-corrected chi connectivity index (χ4v) is 1.88. The van der Waals surface area contributed by atoms with Gasteiger partial charge in [0.05, 0.1) is 13.2 Å². The lowest BCUT2D eigenvalue weighted by atomic mass is 9.92. The van der Waals surface area contributed by atoms with Crippen LogP contribution in [-0.4, -0.2) is 29.7 Å². The van der Waals surface area contributed by atoms with Gasteiger partial charge in [-0.05, 0) is 17.7 Å². The predicted molar refractivity (Wildman–Crippen MR) is 54.7 cm³/mol. The van der Waals surface area contributed by atoms with Crippen molar-refractivity contribution in [3.8, 4) is 0 Å². The third-order valence-corrected chi connectivity index (χ3v) is 2.99. The van der Waals surface area contributed by atoms with E-state index >= 15 is 0 Å². The maximum atomic E-state index is 5.52. The molecule has 0 atom stereocenters. The molecule has 0 radical (unpaired) electrons. The van der Waals surface area contributed by atoms with Gasteiger partial charge in [-0.15, -0.1) is 0 Å². The molecule has 1 saturated heterocycles. The van der Waals surface area contributed by atoms with Gasteiger partial charge in [0.15, 0.2) is 0 Å². The Bertz CT molecular complexity index is 483. The molecule has 4 nitrogen and oxygen atoms in total. The lowest BCUT2D eigenvalue weighted by Crippen LogP contribution is -2.48. The molecule has 1 aliphatic heterocycles. The molecule has 1 fully saturated rings. The molecule has 3 rings (SSSR count). The van der Waals surface area contributed by atoms with E-state index in [0.29, 0.717) is 13.2 Å². The average molecular weight is 204 g/mol. The van der Waals surface area contributed by atoms with Crippen LogP contribution in [0.15, 0.2) is 30.7 Å². The zero-order chi connectivity index (χ0) is 10.3. The van der Waals surface area contributed by atoms with E-state index < -0.39 is 0 Å². The molecular formula is C11H12N2O2. The first-order valence-corrected chi connectivity index (χ1v) is 4.90. The molecule has 4 heteroatoms. The first-order valence-electron chi connectivity index (χ1n) is 4.90. The standard InChI is InChI=1S/C11H12N2O2/c1-14-11(7-15-8-11)9-2-4-13-5-3-12-10(13)6-9/h2-6H,7-8H2,1H3. The molecular weight excluding hydrogens is 192 g/mol. The Morgan fingerprint density at radius 2 is 2.33 bits per heavy atom. The van der Waals surface area contributed by atoms with E-state index in [1.165, 1.54) is 0 Å². The largest absolute Gasteiger partial charge is 0.375 e. The Morgan fingerprint density at radius 1 is 1.47 bits per heavy atom. The van der Waals surface area contributed by atoms with Crippen molar-refractivity contribution in [2.24, 2.45) is 0 Å². The summed E-state index contributed by atoms with van der Waals surface area (Å²) in [6.45, 7) is 1.25. The molecule has 0 amide bonds. The van der Waals surface area contributed by atoms with Gasteiger partial charge in [-0.1, -0.05) is 0 Å². The minimum Gasteiger partial charge on any atom is -0.375 e. The van der Waals surface area contributed by atoms with Crippen LogP contribution in [0, 0.1) is 0 Å². The Hall–Kier alpha value is -1.39. The molecule has 0 unspecified atom stereocenters. The van der Waals surface area contributed by atoms with Crippen molar-refractivity contribution in [2.45, 2.75) is 5.60 Å². The number of hydrogen-bond acceptors (Lipinski definition) is 3. The van der Waals surface area contributed by atoms with Crippen LogP contribution in [0.25, 0.3) is 5.65 Å². The molecule has 0 aromatic carbocycles. The molecule has 1 aliphatic rings. The zero-order valence-electron chi connectivity index (χ0n) is 8.51. The van der Waals surface area contributed by atoms with E-state index in [1.54, 1.807) is 13.3 Å². The highest BCUT2D eigenvalue weighted by molar-refractivity contribution is 5.43. The Labute approximate surface area is 87.5 Å². The van der Waals surface area contributed by atoms with Gasteiger partial charge in [0.25, 0.3) is 0 Å². The summed E-state index contributed by atoms with van der Waals surface area (Å²) in [5, 5.41) is 0. The minimum absolute atomic E-state index is 0.256. The van der Waals surface area contributed by atoms with Crippen molar-refractivity contribution >= 4 is 5.65 Å². The van der Waals surface area contributed by atoms with Crippen molar-refractivity contribution in [1.29, 1.82) is 0 Å². The lowest BCUT2D eigenvalue weighted by molar-refractivity contribution is -0.202. The maximum Gasteiger partial charge on any atom is 0.139 e. The van der Waals surface area contributed by atoms with Gasteiger partial charge in [-0.25, -0.2) is 4.98 Å². The van der Waals surface area contributed by atoms with Crippen LogP contribution in [0.5, 0.6) is 0 Å². The molecule has 78 valence electrons. The SMILES string of the molecule is COC1(c2ccn3ccnc3c2)COC1. The van der Waals surface area contributed by atoms with Gasteiger partial charge in [0.1, 0.15) is 11.2 Å². The van der Waals surface area contributed by atoms with Gasteiger partial charge in [-0.2, -0.15) is 0 Å². The number of hydrogen-bond donors (Lipinski definition) is 0. The van der Waals surface area contributed by atoms with E-state index in [4.69, 9.17) is 9.47 Å². The molecule has 0 aliphatic carbocycles. The third kappa shape index (κ3) is 1.19. The smallest absolute Gasteiger partial charge is 0.139 e. The first-order chi connectivity index (χ1) is 7.34. The number of ether oxygens (including phenoxy) is 2. The van der Waals surface area contributed by atoms with E-state index in [2.05, 4.69) is 11.1 Å². The number of rotatable bonds is 2. The lowest BCUT2D eigenvalue weighted by Gasteiger charge is -2.40. The van der Waals surface area contributed by atoms with Crippen LogP contribution in [-0.2, 0) is 15.1 Å². The van der Waals surface area contributed by atoms with Crippen LogP contribution >= 0.6 is 0 Å². The van der Waals surface area contributed by atoms with Crippen LogP contribution in [0.4, 0.5) is 0 Å². The van der Waals surface area contributed by atoms with Crippen LogP contribution < -0.4 is 0 Å². The number of pyridine rings is 1. The van der Waals surface area contributed by atoms with Gasteiger partial charge < -0.3 is 13.9 Å². The molecule has 3 heterocycles. The second-order valence-corrected chi connectivity index (χ2v) is 3.80. The van der Waals surface area contributed by atoms with Gasteiger partial charge in [0.2, 0.25) is 0 Å². The molecule has 2 aromatic rings. The summed E-state index contributed by atoms with van der Waals surface area (Å²) in [4.78, 5) is 4.25. The van der Waals surface area contributed by atoms with E-state index in [-0.39, 0.29) is 5.60 Å². The quantitative estimate of drug-likeness (QED) is 0.737. The molecule has 0 saturated carbocycles. The number of fused-ring (bicyclic) bond motifs is 1. The topological polar surface area (TPSA) is 35.8 Å². The van der Waals surface area contributed by atoms with E-state index in [1.807, 2.05) is 22.9 Å². The van der Waals surface area contributed by atoms with E-state index in [0.717, 1.165) is 11.2 Å². The van der Waals surface area contributed by atoms with Crippen molar-refractivity contribution < 1.29 is 9.47 Å². The summed E-state index contributed by atoms with van der Waals surface area (Å²) in [6, 6.07) is 4.10. The maximum absolute atomic E-state index is 5.52. The van der Waals surface area contributed by atoms with Gasteiger partial charge in [-0.3, -0.25) is 0 Å². The van der Waals surface area contributed by atoms with Gasteiger partial charge in [0, 0.05) is 25.7 Å². The second-order valence-electron chi connectivity index (χ2n) is 3.80. The van der Waals surface area contributed by atoms with Crippen molar-refractivity contribution in [3.05, 3.63) is 36.3 Å². The fourth-order valence-electron chi connectivity index (χ4n) is 1.88. The highest BCUT2D eigenvalue weighted by Gasteiger charge is 2.40. The third-order valence-electron chi connectivity index (χ3n) is 2.99. The Balaban J connectivity index is 2.10. The number of methoxy groups -OCH3 is 1. The number of aromatic nitrogens is 2. The van der Waals surface area contributed by atoms with Gasteiger partial charge >= 0.3 is 0 Å². The monoisotopic (exact) mass is 204 g/mol. The van der Waals surface area contributed by atoms with E-state index in [9.17, 15) is 0 Å². The fraction of sp³-hybridized carbons (Fsp3) is 0.364. The Kier molecular flexibility index (Phi) is 1.81. The van der Waals surface area contributed by atoms with Crippen LogP contribution in [0.1, 0.15) is 5.56 Å². The summed E-state index contributed by atoms with van der Waals surface area (Å²) < 4.78 is 12.7. The molecule has 2 aromatic heterocycles. The zero-order valence-corrected chi connectivity index (χ0v) is 8.51. The summed E-state index contributed by atoms with van der Waals surface area (Å²) in [5.74, 6) is 0.